The highest BCUT2D eigenvalue weighted by molar-refractivity contribution is 9.10. The van der Waals surface area contributed by atoms with Crippen LogP contribution in [0, 0.1) is 0 Å². The van der Waals surface area contributed by atoms with E-state index in [2.05, 4.69) is 21.2 Å². The standard InChI is InChI=1S/C10H14BrNO2/c1-14-7-8(13)6-12-10-5-3-2-4-9(10)11/h2-5,8,12-13H,6-7H2,1H3. The maximum Gasteiger partial charge on any atom is 0.0945 e. The van der Waals surface area contributed by atoms with Gasteiger partial charge in [0.05, 0.1) is 12.7 Å². The molecule has 4 heteroatoms. The molecule has 1 atom stereocenters. The number of hydrogen-bond acceptors (Lipinski definition) is 3. The number of ether oxygens (including phenoxy) is 1. The molecule has 2 N–H and O–H groups in total. The van der Waals surface area contributed by atoms with Gasteiger partial charge in [-0.05, 0) is 28.1 Å². The van der Waals surface area contributed by atoms with Crippen LogP contribution < -0.4 is 5.32 Å². The van der Waals surface area contributed by atoms with Crippen molar-refractivity contribution in [2.45, 2.75) is 6.10 Å². The van der Waals surface area contributed by atoms with E-state index in [1.54, 1.807) is 7.11 Å². The predicted molar refractivity (Wildman–Crippen MR) is 60.5 cm³/mol. The van der Waals surface area contributed by atoms with E-state index in [0.29, 0.717) is 13.2 Å². The lowest BCUT2D eigenvalue weighted by Crippen LogP contribution is -2.24. The molecule has 0 aliphatic carbocycles. The number of para-hydroxylation sites is 1. The molecule has 0 aromatic heterocycles. The number of benzene rings is 1. The van der Waals surface area contributed by atoms with Crippen LogP contribution in [0.2, 0.25) is 0 Å². The first-order valence-corrected chi connectivity index (χ1v) is 5.18. The molecule has 0 fully saturated rings. The Hall–Kier alpha value is -0.580. The van der Waals surface area contributed by atoms with Gasteiger partial charge in [0.1, 0.15) is 0 Å². The fourth-order valence-electron chi connectivity index (χ4n) is 1.08. The van der Waals surface area contributed by atoms with Gasteiger partial charge in [0.15, 0.2) is 0 Å². The third kappa shape index (κ3) is 3.65. The number of methoxy groups -OCH3 is 1. The molecule has 0 radical (unpaired) electrons. The van der Waals surface area contributed by atoms with Crippen molar-refractivity contribution in [2.75, 3.05) is 25.6 Å². The first kappa shape index (κ1) is 11.5. The molecular weight excluding hydrogens is 246 g/mol. The molecule has 1 aromatic carbocycles. The Balaban J connectivity index is 2.41. The van der Waals surface area contributed by atoms with E-state index in [-0.39, 0.29) is 0 Å². The average Bonchev–Trinajstić information content (AvgIpc) is 2.17. The Kier molecular flexibility index (Phi) is 4.93. The fraction of sp³-hybridized carbons (Fsp3) is 0.400. The van der Waals surface area contributed by atoms with Crippen LogP contribution in [-0.2, 0) is 4.74 Å². The van der Waals surface area contributed by atoms with E-state index >= 15 is 0 Å². The van der Waals surface area contributed by atoms with Crippen LogP contribution in [-0.4, -0.2) is 31.5 Å². The molecule has 0 heterocycles. The SMILES string of the molecule is COCC(O)CNc1ccccc1Br. The zero-order chi connectivity index (χ0) is 10.4. The van der Waals surface area contributed by atoms with Crippen LogP contribution in [0.1, 0.15) is 0 Å². The summed E-state index contributed by atoms with van der Waals surface area (Å²) in [4.78, 5) is 0. The topological polar surface area (TPSA) is 41.5 Å². The molecule has 0 aliphatic heterocycles. The summed E-state index contributed by atoms with van der Waals surface area (Å²) < 4.78 is 5.81. The predicted octanol–water partition coefficient (Wildman–Crippen LogP) is 1.87. The Labute approximate surface area is 92.2 Å². The monoisotopic (exact) mass is 259 g/mol. The van der Waals surface area contributed by atoms with Crippen molar-refractivity contribution in [3.8, 4) is 0 Å². The minimum Gasteiger partial charge on any atom is -0.389 e. The summed E-state index contributed by atoms with van der Waals surface area (Å²) in [5.41, 5.74) is 0.975. The van der Waals surface area contributed by atoms with E-state index in [0.717, 1.165) is 10.2 Å². The number of halogens is 1. The molecule has 0 amide bonds. The third-order valence-electron chi connectivity index (χ3n) is 1.76. The number of aliphatic hydroxyl groups excluding tert-OH is 1. The lowest BCUT2D eigenvalue weighted by molar-refractivity contribution is 0.0727. The highest BCUT2D eigenvalue weighted by Gasteiger charge is 2.03. The molecule has 1 rings (SSSR count). The summed E-state index contributed by atoms with van der Waals surface area (Å²) in [5, 5.41) is 12.5. The smallest absolute Gasteiger partial charge is 0.0945 e. The van der Waals surface area contributed by atoms with E-state index in [1.165, 1.54) is 0 Å². The molecule has 1 unspecified atom stereocenters. The minimum atomic E-state index is -0.480. The normalized spacial score (nSPS) is 12.5. The van der Waals surface area contributed by atoms with Gasteiger partial charge in [-0.15, -0.1) is 0 Å². The second kappa shape index (κ2) is 6.01. The fourth-order valence-corrected chi connectivity index (χ4v) is 1.51. The summed E-state index contributed by atoms with van der Waals surface area (Å²) in [6.07, 6.45) is -0.480. The van der Waals surface area contributed by atoms with Crippen molar-refractivity contribution < 1.29 is 9.84 Å². The summed E-state index contributed by atoms with van der Waals surface area (Å²) in [5.74, 6) is 0. The van der Waals surface area contributed by atoms with Gasteiger partial charge in [0.25, 0.3) is 0 Å². The Morgan fingerprint density at radius 3 is 2.86 bits per heavy atom. The molecular formula is C10H14BrNO2. The van der Waals surface area contributed by atoms with Gasteiger partial charge in [-0.2, -0.15) is 0 Å². The molecule has 0 aliphatic rings. The van der Waals surface area contributed by atoms with E-state index in [4.69, 9.17) is 4.74 Å². The lowest BCUT2D eigenvalue weighted by atomic mass is 10.3. The largest absolute Gasteiger partial charge is 0.389 e. The number of hydrogen-bond donors (Lipinski definition) is 2. The van der Waals surface area contributed by atoms with Crippen molar-refractivity contribution in [1.82, 2.24) is 0 Å². The minimum absolute atomic E-state index is 0.345. The van der Waals surface area contributed by atoms with Crippen LogP contribution in [0.25, 0.3) is 0 Å². The van der Waals surface area contributed by atoms with Crippen molar-refractivity contribution in [3.63, 3.8) is 0 Å². The van der Waals surface area contributed by atoms with Crippen LogP contribution >= 0.6 is 15.9 Å². The number of rotatable bonds is 5. The molecule has 14 heavy (non-hydrogen) atoms. The van der Waals surface area contributed by atoms with E-state index in [9.17, 15) is 5.11 Å². The quantitative estimate of drug-likeness (QED) is 0.849. The highest BCUT2D eigenvalue weighted by Crippen LogP contribution is 2.20. The Morgan fingerprint density at radius 1 is 1.50 bits per heavy atom. The van der Waals surface area contributed by atoms with Crippen LogP contribution in [0.15, 0.2) is 28.7 Å². The van der Waals surface area contributed by atoms with Crippen molar-refractivity contribution >= 4 is 21.6 Å². The Bertz CT molecular complexity index is 281. The number of nitrogens with one attached hydrogen (secondary N) is 1. The lowest BCUT2D eigenvalue weighted by Gasteiger charge is -2.12. The van der Waals surface area contributed by atoms with Crippen LogP contribution in [0.3, 0.4) is 0 Å². The number of anilines is 1. The molecule has 0 saturated carbocycles. The molecule has 1 aromatic rings. The molecule has 0 spiro atoms. The summed E-state index contributed by atoms with van der Waals surface area (Å²) in [7, 11) is 1.57. The Morgan fingerprint density at radius 2 is 2.21 bits per heavy atom. The summed E-state index contributed by atoms with van der Waals surface area (Å²) in [6.45, 7) is 0.827. The van der Waals surface area contributed by atoms with Gasteiger partial charge in [-0.1, -0.05) is 12.1 Å². The van der Waals surface area contributed by atoms with Gasteiger partial charge in [0.2, 0.25) is 0 Å². The van der Waals surface area contributed by atoms with Crippen molar-refractivity contribution in [3.05, 3.63) is 28.7 Å². The third-order valence-corrected chi connectivity index (χ3v) is 2.45. The second-order valence-corrected chi connectivity index (χ2v) is 3.82. The highest BCUT2D eigenvalue weighted by atomic mass is 79.9. The average molecular weight is 260 g/mol. The number of aliphatic hydroxyl groups is 1. The molecule has 0 saturated heterocycles. The van der Waals surface area contributed by atoms with E-state index < -0.39 is 6.10 Å². The molecule has 3 nitrogen and oxygen atoms in total. The summed E-state index contributed by atoms with van der Waals surface area (Å²) >= 11 is 3.41. The van der Waals surface area contributed by atoms with Gasteiger partial charge in [-0.25, -0.2) is 0 Å². The van der Waals surface area contributed by atoms with Crippen LogP contribution in [0.5, 0.6) is 0 Å². The molecule has 78 valence electrons. The summed E-state index contributed by atoms with van der Waals surface area (Å²) in [6, 6.07) is 7.78. The van der Waals surface area contributed by atoms with Crippen molar-refractivity contribution in [1.29, 1.82) is 0 Å². The maximum absolute atomic E-state index is 9.40. The molecule has 0 bridgehead atoms. The van der Waals surface area contributed by atoms with Gasteiger partial charge >= 0.3 is 0 Å². The first-order valence-electron chi connectivity index (χ1n) is 4.39. The maximum atomic E-state index is 9.40. The van der Waals surface area contributed by atoms with Gasteiger partial charge in [-0.3, -0.25) is 0 Å². The van der Waals surface area contributed by atoms with Gasteiger partial charge < -0.3 is 15.2 Å². The zero-order valence-corrected chi connectivity index (χ0v) is 9.62. The van der Waals surface area contributed by atoms with E-state index in [1.807, 2.05) is 24.3 Å². The first-order chi connectivity index (χ1) is 6.74. The van der Waals surface area contributed by atoms with Crippen LogP contribution in [0.4, 0.5) is 5.69 Å². The zero-order valence-electron chi connectivity index (χ0n) is 8.03. The second-order valence-electron chi connectivity index (χ2n) is 2.97. The van der Waals surface area contributed by atoms with Gasteiger partial charge in [0, 0.05) is 23.8 Å². The van der Waals surface area contributed by atoms with Crippen molar-refractivity contribution in [2.24, 2.45) is 0 Å².